The summed E-state index contributed by atoms with van der Waals surface area (Å²) in [5.41, 5.74) is 2.82. The van der Waals surface area contributed by atoms with Crippen molar-refractivity contribution in [2.24, 2.45) is 0 Å². The molecule has 2 aromatic rings. The fraction of sp³-hybridized carbons (Fsp3) is 0.368. The largest absolute Gasteiger partial charge is 0.310 e. The Bertz CT molecular complexity index is 464. The third kappa shape index (κ3) is 4.82. The quantitative estimate of drug-likeness (QED) is 0.681. The molecule has 2 aromatic carbocycles. The Morgan fingerprint density at radius 3 is 2.20 bits per heavy atom. The highest BCUT2D eigenvalue weighted by Crippen LogP contribution is 2.19. The second-order valence-electron chi connectivity index (χ2n) is 5.30. The zero-order valence-corrected chi connectivity index (χ0v) is 12.4. The molecule has 0 aliphatic rings. The van der Waals surface area contributed by atoms with E-state index in [1.165, 1.54) is 24.0 Å². The molecule has 0 heterocycles. The predicted molar refractivity (Wildman–Crippen MR) is 86.9 cm³/mol. The van der Waals surface area contributed by atoms with Crippen molar-refractivity contribution in [3.63, 3.8) is 0 Å². The molecule has 0 aliphatic heterocycles. The molecule has 0 aromatic heterocycles. The molecule has 0 spiro atoms. The number of nitrogens with one attached hydrogen (secondary N) is 1. The summed E-state index contributed by atoms with van der Waals surface area (Å²) in [5.74, 6) is 0. The summed E-state index contributed by atoms with van der Waals surface area (Å²) in [7, 11) is 0. The lowest BCUT2D eigenvalue weighted by Gasteiger charge is -2.19. The summed E-state index contributed by atoms with van der Waals surface area (Å²) in [6.45, 7) is 3.34. The first kappa shape index (κ1) is 14.8. The first-order valence-electron chi connectivity index (χ1n) is 7.72. The van der Waals surface area contributed by atoms with Crippen LogP contribution in [0.3, 0.4) is 0 Å². The summed E-state index contributed by atoms with van der Waals surface area (Å²) in [6, 6.07) is 22.0. The summed E-state index contributed by atoms with van der Waals surface area (Å²) >= 11 is 0. The van der Waals surface area contributed by atoms with E-state index in [1.807, 2.05) is 0 Å². The SMILES string of the molecule is CCCCNC(CCc1ccccc1)c1ccccc1. The molecule has 0 amide bonds. The molecular weight excluding hydrogens is 242 g/mol. The summed E-state index contributed by atoms with van der Waals surface area (Å²) < 4.78 is 0. The van der Waals surface area contributed by atoms with E-state index in [2.05, 4.69) is 72.9 Å². The van der Waals surface area contributed by atoms with E-state index >= 15 is 0 Å². The molecular formula is C19H25N. The first-order valence-corrected chi connectivity index (χ1v) is 7.72. The van der Waals surface area contributed by atoms with Crippen LogP contribution in [0.15, 0.2) is 60.7 Å². The fourth-order valence-electron chi connectivity index (χ4n) is 2.48. The molecule has 0 radical (unpaired) electrons. The van der Waals surface area contributed by atoms with Gasteiger partial charge in [0.05, 0.1) is 0 Å². The van der Waals surface area contributed by atoms with E-state index in [4.69, 9.17) is 0 Å². The van der Waals surface area contributed by atoms with Crippen molar-refractivity contribution in [3.05, 3.63) is 71.8 Å². The van der Waals surface area contributed by atoms with Crippen LogP contribution in [0.1, 0.15) is 43.4 Å². The lowest BCUT2D eigenvalue weighted by molar-refractivity contribution is 0.490. The molecule has 0 saturated heterocycles. The number of rotatable bonds is 8. The Morgan fingerprint density at radius 1 is 0.900 bits per heavy atom. The van der Waals surface area contributed by atoms with Gasteiger partial charge >= 0.3 is 0 Å². The van der Waals surface area contributed by atoms with Gasteiger partial charge in [-0.15, -0.1) is 0 Å². The Hall–Kier alpha value is -1.60. The van der Waals surface area contributed by atoms with Gasteiger partial charge in [0.15, 0.2) is 0 Å². The van der Waals surface area contributed by atoms with Crippen LogP contribution in [-0.4, -0.2) is 6.54 Å². The number of hydrogen-bond acceptors (Lipinski definition) is 1. The van der Waals surface area contributed by atoms with Crippen molar-refractivity contribution < 1.29 is 0 Å². The maximum absolute atomic E-state index is 3.71. The Balaban J connectivity index is 1.95. The molecule has 1 atom stereocenters. The average Bonchev–Trinajstić information content (AvgIpc) is 2.52. The van der Waals surface area contributed by atoms with Crippen LogP contribution in [0, 0.1) is 0 Å². The summed E-state index contributed by atoms with van der Waals surface area (Å²) in [5, 5.41) is 3.71. The molecule has 0 saturated carbocycles. The second kappa shape index (κ2) is 8.55. The topological polar surface area (TPSA) is 12.0 Å². The smallest absolute Gasteiger partial charge is 0.0323 e. The van der Waals surface area contributed by atoms with Crippen molar-refractivity contribution in [3.8, 4) is 0 Å². The average molecular weight is 267 g/mol. The number of hydrogen-bond donors (Lipinski definition) is 1. The fourth-order valence-corrected chi connectivity index (χ4v) is 2.48. The molecule has 2 rings (SSSR count). The molecule has 1 N–H and O–H groups in total. The monoisotopic (exact) mass is 267 g/mol. The number of benzene rings is 2. The van der Waals surface area contributed by atoms with E-state index in [0.717, 1.165) is 19.4 Å². The molecule has 1 nitrogen and oxygen atoms in total. The van der Waals surface area contributed by atoms with Gasteiger partial charge in [-0.25, -0.2) is 0 Å². The zero-order valence-electron chi connectivity index (χ0n) is 12.4. The van der Waals surface area contributed by atoms with E-state index < -0.39 is 0 Å². The first-order chi connectivity index (χ1) is 9.90. The molecule has 1 heteroatoms. The van der Waals surface area contributed by atoms with Gasteiger partial charge < -0.3 is 5.32 Å². The van der Waals surface area contributed by atoms with Gasteiger partial charge in [-0.1, -0.05) is 74.0 Å². The Labute approximate surface area is 123 Å². The van der Waals surface area contributed by atoms with Crippen LogP contribution in [0.25, 0.3) is 0 Å². The van der Waals surface area contributed by atoms with Gasteiger partial charge in [0.2, 0.25) is 0 Å². The summed E-state index contributed by atoms with van der Waals surface area (Å²) in [6.07, 6.45) is 4.76. The highest BCUT2D eigenvalue weighted by molar-refractivity contribution is 5.20. The van der Waals surface area contributed by atoms with Crippen LogP contribution in [0.5, 0.6) is 0 Å². The van der Waals surface area contributed by atoms with Crippen molar-refractivity contribution in [2.45, 2.75) is 38.6 Å². The predicted octanol–water partition coefficient (Wildman–Crippen LogP) is 4.75. The molecule has 1 unspecified atom stereocenters. The molecule has 20 heavy (non-hydrogen) atoms. The van der Waals surface area contributed by atoms with E-state index in [1.54, 1.807) is 0 Å². The van der Waals surface area contributed by atoms with Crippen LogP contribution in [-0.2, 0) is 6.42 Å². The van der Waals surface area contributed by atoms with E-state index in [9.17, 15) is 0 Å². The third-order valence-electron chi connectivity index (χ3n) is 3.69. The van der Waals surface area contributed by atoms with Crippen LogP contribution in [0.2, 0.25) is 0 Å². The van der Waals surface area contributed by atoms with Crippen molar-refractivity contribution >= 4 is 0 Å². The Kier molecular flexibility index (Phi) is 6.33. The minimum atomic E-state index is 0.461. The van der Waals surface area contributed by atoms with Crippen molar-refractivity contribution in [1.29, 1.82) is 0 Å². The van der Waals surface area contributed by atoms with Gasteiger partial charge in [0, 0.05) is 6.04 Å². The molecule has 0 bridgehead atoms. The number of unbranched alkanes of at least 4 members (excludes halogenated alkanes) is 1. The zero-order chi connectivity index (χ0) is 14.0. The highest BCUT2D eigenvalue weighted by atomic mass is 14.9. The van der Waals surface area contributed by atoms with Crippen molar-refractivity contribution in [1.82, 2.24) is 5.32 Å². The maximum atomic E-state index is 3.71. The molecule has 0 fully saturated rings. The normalized spacial score (nSPS) is 12.2. The lowest BCUT2D eigenvalue weighted by Crippen LogP contribution is -2.23. The summed E-state index contributed by atoms with van der Waals surface area (Å²) in [4.78, 5) is 0. The standard InChI is InChI=1S/C19H25N/c1-2-3-16-20-19(18-12-8-5-9-13-18)15-14-17-10-6-4-7-11-17/h4-13,19-20H,2-3,14-16H2,1H3. The van der Waals surface area contributed by atoms with Crippen LogP contribution >= 0.6 is 0 Å². The third-order valence-corrected chi connectivity index (χ3v) is 3.69. The lowest BCUT2D eigenvalue weighted by atomic mass is 9.99. The number of aryl methyl sites for hydroxylation is 1. The van der Waals surface area contributed by atoms with E-state index in [0.29, 0.717) is 6.04 Å². The second-order valence-corrected chi connectivity index (χ2v) is 5.30. The van der Waals surface area contributed by atoms with Gasteiger partial charge in [0.1, 0.15) is 0 Å². The maximum Gasteiger partial charge on any atom is 0.0323 e. The minimum absolute atomic E-state index is 0.461. The molecule has 106 valence electrons. The molecule has 0 aliphatic carbocycles. The Morgan fingerprint density at radius 2 is 1.55 bits per heavy atom. The van der Waals surface area contributed by atoms with Gasteiger partial charge in [-0.2, -0.15) is 0 Å². The van der Waals surface area contributed by atoms with Gasteiger partial charge in [0.25, 0.3) is 0 Å². The van der Waals surface area contributed by atoms with Gasteiger partial charge in [-0.05, 0) is 36.9 Å². The van der Waals surface area contributed by atoms with Gasteiger partial charge in [-0.3, -0.25) is 0 Å². The highest BCUT2D eigenvalue weighted by Gasteiger charge is 2.10. The van der Waals surface area contributed by atoms with E-state index in [-0.39, 0.29) is 0 Å². The van der Waals surface area contributed by atoms with Crippen LogP contribution in [0.4, 0.5) is 0 Å². The minimum Gasteiger partial charge on any atom is -0.310 e. The van der Waals surface area contributed by atoms with Crippen molar-refractivity contribution in [2.75, 3.05) is 6.54 Å². The van der Waals surface area contributed by atoms with Crippen LogP contribution < -0.4 is 5.32 Å².